The number of halogens is 2. The van der Waals surface area contributed by atoms with E-state index in [9.17, 15) is 4.79 Å². The van der Waals surface area contributed by atoms with Gasteiger partial charge in [0.05, 0.1) is 29.3 Å². The van der Waals surface area contributed by atoms with Crippen molar-refractivity contribution in [1.29, 1.82) is 0 Å². The zero-order chi connectivity index (χ0) is 13.1. The Kier molecular flexibility index (Phi) is 4.65. The molecular formula is C13H15BrClNO2. The molecule has 1 aliphatic rings. The summed E-state index contributed by atoms with van der Waals surface area (Å²) in [4.78, 5) is 14.3. The van der Waals surface area contributed by atoms with E-state index in [1.807, 2.05) is 24.0 Å². The van der Waals surface area contributed by atoms with Gasteiger partial charge in [-0.25, -0.2) is 0 Å². The van der Waals surface area contributed by atoms with Crippen LogP contribution in [-0.4, -0.2) is 41.4 Å². The molecule has 5 heteroatoms. The highest BCUT2D eigenvalue weighted by Crippen LogP contribution is 2.21. The largest absolute Gasteiger partial charge is 0.373 e. The quantitative estimate of drug-likeness (QED) is 0.779. The molecule has 0 spiro atoms. The van der Waals surface area contributed by atoms with E-state index in [1.54, 1.807) is 12.1 Å². The summed E-state index contributed by atoms with van der Waals surface area (Å²) in [5.74, 6) is -0.0256. The van der Waals surface area contributed by atoms with Gasteiger partial charge < -0.3 is 9.64 Å². The highest BCUT2D eigenvalue weighted by molar-refractivity contribution is 9.09. The fourth-order valence-corrected chi connectivity index (χ4v) is 2.59. The van der Waals surface area contributed by atoms with Crippen LogP contribution in [0.2, 0.25) is 5.02 Å². The number of carbonyl (C=O) groups excluding carboxylic acids is 1. The van der Waals surface area contributed by atoms with E-state index in [4.69, 9.17) is 16.3 Å². The second kappa shape index (κ2) is 6.04. The van der Waals surface area contributed by atoms with Gasteiger partial charge >= 0.3 is 0 Å². The molecule has 1 heterocycles. The van der Waals surface area contributed by atoms with Gasteiger partial charge in [0.2, 0.25) is 0 Å². The first-order valence-corrected chi connectivity index (χ1v) is 7.36. The number of rotatable bonds is 2. The Morgan fingerprint density at radius 2 is 2.28 bits per heavy atom. The smallest absolute Gasteiger partial charge is 0.255 e. The van der Waals surface area contributed by atoms with Crippen molar-refractivity contribution in [3.05, 3.63) is 34.9 Å². The zero-order valence-electron chi connectivity index (χ0n) is 10.1. The molecule has 0 aliphatic carbocycles. The zero-order valence-corrected chi connectivity index (χ0v) is 12.4. The standard InChI is InChI=1S/C13H15BrClNO2/c1-9-8-18-10(6-14)7-16(9)13(17)11-4-2-3-5-12(11)15/h2-5,9-10H,6-8H2,1H3. The third kappa shape index (κ3) is 2.87. The fraction of sp³-hybridized carbons (Fsp3) is 0.462. The lowest BCUT2D eigenvalue weighted by atomic mass is 10.1. The first-order chi connectivity index (χ1) is 8.63. The van der Waals surface area contributed by atoms with Crippen LogP contribution in [0.25, 0.3) is 0 Å². The lowest BCUT2D eigenvalue weighted by Gasteiger charge is -2.37. The normalized spacial score (nSPS) is 24.1. The summed E-state index contributed by atoms with van der Waals surface area (Å²) in [7, 11) is 0. The maximum Gasteiger partial charge on any atom is 0.255 e. The molecule has 2 rings (SSSR count). The first-order valence-electron chi connectivity index (χ1n) is 5.86. The van der Waals surface area contributed by atoms with E-state index < -0.39 is 0 Å². The second-order valence-corrected chi connectivity index (χ2v) is 5.45. The Balaban J connectivity index is 2.19. The van der Waals surface area contributed by atoms with Crippen molar-refractivity contribution < 1.29 is 9.53 Å². The van der Waals surface area contributed by atoms with Crippen LogP contribution >= 0.6 is 27.5 Å². The minimum Gasteiger partial charge on any atom is -0.373 e. The molecule has 0 aromatic heterocycles. The number of carbonyl (C=O) groups is 1. The Morgan fingerprint density at radius 1 is 1.56 bits per heavy atom. The molecule has 1 amide bonds. The summed E-state index contributed by atoms with van der Waals surface area (Å²) in [5, 5.41) is 1.23. The SMILES string of the molecule is CC1COC(CBr)CN1C(=O)c1ccccc1Cl. The summed E-state index contributed by atoms with van der Waals surface area (Å²) in [6.07, 6.45) is 0.0487. The fourth-order valence-electron chi connectivity index (χ4n) is 1.98. The number of hydrogen-bond donors (Lipinski definition) is 0. The summed E-state index contributed by atoms with van der Waals surface area (Å²) < 4.78 is 5.61. The molecule has 1 aliphatic heterocycles. The van der Waals surface area contributed by atoms with E-state index in [2.05, 4.69) is 15.9 Å². The number of hydrogen-bond acceptors (Lipinski definition) is 2. The average molecular weight is 333 g/mol. The van der Waals surface area contributed by atoms with Gasteiger partial charge in [0.15, 0.2) is 0 Å². The molecule has 18 heavy (non-hydrogen) atoms. The summed E-state index contributed by atoms with van der Waals surface area (Å²) >= 11 is 9.46. The van der Waals surface area contributed by atoms with Crippen molar-refractivity contribution >= 4 is 33.4 Å². The molecule has 1 fully saturated rings. The molecule has 0 N–H and O–H groups in total. The summed E-state index contributed by atoms with van der Waals surface area (Å²) in [5.41, 5.74) is 0.557. The van der Waals surface area contributed by atoms with Crippen LogP contribution in [0.5, 0.6) is 0 Å². The second-order valence-electron chi connectivity index (χ2n) is 4.40. The van der Waals surface area contributed by atoms with E-state index in [0.29, 0.717) is 23.7 Å². The van der Waals surface area contributed by atoms with E-state index in [0.717, 1.165) is 5.33 Å². The molecule has 1 saturated heterocycles. The number of morpholine rings is 1. The molecule has 1 aromatic rings. The lowest BCUT2D eigenvalue weighted by molar-refractivity contribution is -0.0361. The van der Waals surface area contributed by atoms with E-state index in [1.165, 1.54) is 0 Å². The van der Waals surface area contributed by atoms with Crippen molar-refractivity contribution in [2.24, 2.45) is 0 Å². The van der Waals surface area contributed by atoms with Gasteiger partial charge in [-0.05, 0) is 19.1 Å². The Hall–Kier alpha value is -0.580. The van der Waals surface area contributed by atoms with Gasteiger partial charge in [0.1, 0.15) is 0 Å². The van der Waals surface area contributed by atoms with Crippen molar-refractivity contribution in [1.82, 2.24) is 4.90 Å². The Labute approximate surface area is 120 Å². The predicted molar refractivity (Wildman–Crippen MR) is 75.5 cm³/mol. The van der Waals surface area contributed by atoms with Crippen LogP contribution in [-0.2, 0) is 4.74 Å². The van der Waals surface area contributed by atoms with Crippen LogP contribution in [0.4, 0.5) is 0 Å². The van der Waals surface area contributed by atoms with Crippen molar-refractivity contribution in [2.75, 3.05) is 18.5 Å². The average Bonchev–Trinajstić information content (AvgIpc) is 2.39. The minimum atomic E-state index is -0.0256. The minimum absolute atomic E-state index is 0.0256. The van der Waals surface area contributed by atoms with Gasteiger partial charge in [-0.15, -0.1) is 0 Å². The lowest BCUT2D eigenvalue weighted by Crippen LogP contribution is -2.51. The molecule has 0 radical (unpaired) electrons. The van der Waals surface area contributed by atoms with E-state index >= 15 is 0 Å². The van der Waals surface area contributed by atoms with Gasteiger partial charge in [0, 0.05) is 11.9 Å². The van der Waals surface area contributed by atoms with Gasteiger partial charge in [-0.2, -0.15) is 0 Å². The summed E-state index contributed by atoms with van der Waals surface area (Å²) in [6, 6.07) is 7.22. The monoisotopic (exact) mass is 331 g/mol. The van der Waals surface area contributed by atoms with Gasteiger partial charge in [0.25, 0.3) is 5.91 Å². The van der Waals surface area contributed by atoms with Crippen LogP contribution in [0, 0.1) is 0 Å². The number of amides is 1. The van der Waals surface area contributed by atoms with Crippen molar-refractivity contribution in [2.45, 2.75) is 19.1 Å². The maximum atomic E-state index is 12.5. The summed E-state index contributed by atoms with van der Waals surface area (Å²) in [6.45, 7) is 3.14. The van der Waals surface area contributed by atoms with Crippen molar-refractivity contribution in [3.8, 4) is 0 Å². The number of alkyl halides is 1. The first kappa shape index (κ1) is 13.8. The number of ether oxygens (including phenoxy) is 1. The van der Waals surface area contributed by atoms with Crippen LogP contribution < -0.4 is 0 Å². The van der Waals surface area contributed by atoms with Crippen molar-refractivity contribution in [3.63, 3.8) is 0 Å². The van der Waals surface area contributed by atoms with Crippen LogP contribution in [0.15, 0.2) is 24.3 Å². The number of nitrogens with zero attached hydrogens (tertiary/aromatic N) is 1. The number of benzene rings is 1. The molecule has 0 saturated carbocycles. The van der Waals surface area contributed by atoms with E-state index in [-0.39, 0.29) is 18.1 Å². The maximum absolute atomic E-state index is 12.5. The molecule has 3 nitrogen and oxygen atoms in total. The predicted octanol–water partition coefficient (Wildman–Crippen LogP) is 2.96. The van der Waals surface area contributed by atoms with Gasteiger partial charge in [-0.1, -0.05) is 39.7 Å². The van der Waals surface area contributed by atoms with Crippen LogP contribution in [0.3, 0.4) is 0 Å². The third-order valence-electron chi connectivity index (χ3n) is 3.04. The molecule has 98 valence electrons. The molecule has 1 aromatic carbocycles. The van der Waals surface area contributed by atoms with Gasteiger partial charge in [-0.3, -0.25) is 4.79 Å². The molecule has 2 atom stereocenters. The Morgan fingerprint density at radius 3 is 2.94 bits per heavy atom. The Bertz CT molecular complexity index is 441. The topological polar surface area (TPSA) is 29.5 Å². The highest BCUT2D eigenvalue weighted by Gasteiger charge is 2.30. The highest BCUT2D eigenvalue weighted by atomic mass is 79.9. The van der Waals surface area contributed by atoms with Crippen LogP contribution in [0.1, 0.15) is 17.3 Å². The molecular weight excluding hydrogens is 318 g/mol. The molecule has 2 unspecified atom stereocenters. The third-order valence-corrected chi connectivity index (χ3v) is 4.09. The molecule has 0 bridgehead atoms.